The molecule has 0 aromatic heterocycles. The number of likely N-dealkylation sites (tertiary alicyclic amines) is 1. The highest BCUT2D eigenvalue weighted by Crippen LogP contribution is 2.27. The van der Waals surface area contributed by atoms with Crippen LogP contribution in [-0.4, -0.2) is 41.1 Å². The van der Waals surface area contributed by atoms with E-state index in [9.17, 15) is 19.2 Å². The molecule has 2 rings (SSSR count). The monoisotopic (exact) mass is 347 g/mol. The average Bonchev–Trinajstić information content (AvgIpc) is 2.52. The van der Waals surface area contributed by atoms with Crippen molar-refractivity contribution >= 4 is 23.6 Å². The zero-order valence-electron chi connectivity index (χ0n) is 14.5. The smallest absolute Gasteiger partial charge is 0.308 e. The van der Waals surface area contributed by atoms with E-state index < -0.39 is 18.0 Å². The van der Waals surface area contributed by atoms with Crippen LogP contribution in [0.25, 0.3) is 0 Å². The lowest BCUT2D eigenvalue weighted by Crippen LogP contribution is -2.47. The quantitative estimate of drug-likeness (QED) is 0.612. The van der Waals surface area contributed by atoms with Crippen molar-refractivity contribution in [1.29, 1.82) is 0 Å². The third kappa shape index (κ3) is 4.89. The van der Waals surface area contributed by atoms with Gasteiger partial charge >= 0.3 is 11.9 Å². The first-order valence-electron chi connectivity index (χ1n) is 8.11. The Kier molecular flexibility index (Phi) is 5.90. The number of nitrogens with zero attached hydrogens (tertiary/aromatic N) is 1. The molecule has 1 amide bonds. The van der Waals surface area contributed by atoms with Crippen LogP contribution >= 0.6 is 0 Å². The van der Waals surface area contributed by atoms with E-state index in [-0.39, 0.29) is 28.8 Å². The van der Waals surface area contributed by atoms with Crippen molar-refractivity contribution in [1.82, 2.24) is 4.90 Å². The number of rotatable bonds is 4. The molecule has 1 aliphatic rings. The Balaban J connectivity index is 2.37. The number of esters is 2. The summed E-state index contributed by atoms with van der Waals surface area (Å²) < 4.78 is 10.0. The van der Waals surface area contributed by atoms with Gasteiger partial charge in [-0.3, -0.25) is 19.2 Å². The van der Waals surface area contributed by atoms with Crippen LogP contribution in [0, 0.1) is 0 Å². The summed E-state index contributed by atoms with van der Waals surface area (Å²) in [5, 5.41) is 0. The van der Waals surface area contributed by atoms with Gasteiger partial charge in [0, 0.05) is 32.0 Å². The molecule has 0 saturated carbocycles. The van der Waals surface area contributed by atoms with E-state index in [1.54, 1.807) is 0 Å². The van der Waals surface area contributed by atoms with Gasteiger partial charge in [0.2, 0.25) is 0 Å². The number of ether oxygens (including phenoxy) is 2. The standard InChI is InChI=1S/C18H21NO6/c1-11(20)17-6-4-5-7-19(17)18(23)14-8-15(24-12(2)21)10-16(9-14)25-13(3)22/h8-10,17H,4-7H2,1-3H3. The number of piperidine rings is 1. The third-order valence-electron chi connectivity index (χ3n) is 3.88. The summed E-state index contributed by atoms with van der Waals surface area (Å²) in [6, 6.07) is 3.71. The second kappa shape index (κ2) is 7.92. The maximum Gasteiger partial charge on any atom is 0.308 e. The van der Waals surface area contributed by atoms with Gasteiger partial charge in [0.15, 0.2) is 5.78 Å². The molecule has 7 nitrogen and oxygen atoms in total. The zero-order valence-corrected chi connectivity index (χ0v) is 14.5. The summed E-state index contributed by atoms with van der Waals surface area (Å²) in [5.41, 5.74) is 0.197. The van der Waals surface area contributed by atoms with E-state index in [1.807, 2.05) is 0 Å². The van der Waals surface area contributed by atoms with Crippen LogP contribution in [0.4, 0.5) is 0 Å². The van der Waals surface area contributed by atoms with Crippen LogP contribution in [0.5, 0.6) is 11.5 Å². The first kappa shape index (κ1) is 18.6. The van der Waals surface area contributed by atoms with Crippen molar-refractivity contribution in [2.24, 2.45) is 0 Å². The van der Waals surface area contributed by atoms with Crippen molar-refractivity contribution in [2.45, 2.75) is 46.1 Å². The van der Waals surface area contributed by atoms with Crippen molar-refractivity contribution in [3.05, 3.63) is 23.8 Å². The highest BCUT2D eigenvalue weighted by Gasteiger charge is 2.31. The fourth-order valence-corrected chi connectivity index (χ4v) is 2.91. The van der Waals surface area contributed by atoms with Gasteiger partial charge in [-0.1, -0.05) is 0 Å². The molecule has 1 aromatic rings. The van der Waals surface area contributed by atoms with Gasteiger partial charge in [0.25, 0.3) is 5.91 Å². The molecule has 25 heavy (non-hydrogen) atoms. The highest BCUT2D eigenvalue weighted by atomic mass is 16.5. The second-order valence-corrected chi connectivity index (χ2v) is 6.00. The average molecular weight is 347 g/mol. The molecule has 0 spiro atoms. The third-order valence-corrected chi connectivity index (χ3v) is 3.88. The lowest BCUT2D eigenvalue weighted by molar-refractivity contribution is -0.132. The van der Waals surface area contributed by atoms with Crippen molar-refractivity contribution in [3.63, 3.8) is 0 Å². The van der Waals surface area contributed by atoms with E-state index in [1.165, 1.54) is 43.9 Å². The summed E-state index contributed by atoms with van der Waals surface area (Å²) in [5.74, 6) is -1.33. The fourth-order valence-electron chi connectivity index (χ4n) is 2.91. The lowest BCUT2D eigenvalue weighted by Gasteiger charge is -2.34. The Bertz CT molecular complexity index is 677. The first-order valence-corrected chi connectivity index (χ1v) is 8.11. The summed E-state index contributed by atoms with van der Waals surface area (Å²) in [6.07, 6.45) is 2.33. The Hall–Kier alpha value is -2.70. The molecule has 0 bridgehead atoms. The minimum absolute atomic E-state index is 0.0654. The van der Waals surface area contributed by atoms with E-state index >= 15 is 0 Å². The summed E-state index contributed by atoms with van der Waals surface area (Å²) in [6.45, 7) is 4.41. The number of hydrogen-bond acceptors (Lipinski definition) is 6. The molecule has 1 aliphatic heterocycles. The normalized spacial score (nSPS) is 16.9. The molecule has 1 heterocycles. The van der Waals surface area contributed by atoms with E-state index in [0.717, 1.165) is 12.8 Å². The van der Waals surface area contributed by atoms with Crippen LogP contribution in [0.15, 0.2) is 18.2 Å². The van der Waals surface area contributed by atoms with E-state index in [0.29, 0.717) is 13.0 Å². The molecular formula is C18H21NO6. The van der Waals surface area contributed by atoms with Gasteiger partial charge in [0.05, 0.1) is 6.04 Å². The van der Waals surface area contributed by atoms with Crippen molar-refractivity contribution in [2.75, 3.05) is 6.54 Å². The Morgan fingerprint density at radius 3 is 1.96 bits per heavy atom. The molecule has 1 atom stereocenters. The number of carbonyl (C=O) groups excluding carboxylic acids is 4. The Labute approximate surface area is 145 Å². The molecular weight excluding hydrogens is 326 g/mol. The fraction of sp³-hybridized carbons (Fsp3) is 0.444. The Morgan fingerprint density at radius 1 is 0.920 bits per heavy atom. The first-order chi connectivity index (χ1) is 11.8. The van der Waals surface area contributed by atoms with Gasteiger partial charge in [-0.2, -0.15) is 0 Å². The minimum atomic E-state index is -0.557. The summed E-state index contributed by atoms with van der Waals surface area (Å²) in [4.78, 5) is 48.6. The topological polar surface area (TPSA) is 90.0 Å². The molecule has 0 aliphatic carbocycles. The van der Waals surface area contributed by atoms with Crippen LogP contribution in [0.3, 0.4) is 0 Å². The van der Waals surface area contributed by atoms with Gasteiger partial charge in [-0.05, 0) is 38.3 Å². The summed E-state index contributed by atoms with van der Waals surface area (Å²) in [7, 11) is 0. The molecule has 1 aromatic carbocycles. The van der Waals surface area contributed by atoms with E-state index in [2.05, 4.69) is 0 Å². The SMILES string of the molecule is CC(=O)Oc1cc(OC(C)=O)cc(C(=O)N2CCCCC2C(C)=O)c1. The number of hydrogen-bond donors (Lipinski definition) is 0. The lowest BCUT2D eigenvalue weighted by atomic mass is 9.98. The van der Waals surface area contributed by atoms with Gasteiger partial charge in [-0.25, -0.2) is 0 Å². The predicted molar refractivity (Wildman–Crippen MR) is 88.4 cm³/mol. The van der Waals surface area contributed by atoms with Crippen LogP contribution < -0.4 is 9.47 Å². The number of carbonyl (C=O) groups is 4. The van der Waals surface area contributed by atoms with E-state index in [4.69, 9.17) is 9.47 Å². The van der Waals surface area contributed by atoms with Gasteiger partial charge in [0.1, 0.15) is 11.5 Å². The minimum Gasteiger partial charge on any atom is -0.427 e. The Morgan fingerprint density at radius 2 is 1.48 bits per heavy atom. The highest BCUT2D eigenvalue weighted by molar-refractivity contribution is 5.98. The molecule has 0 radical (unpaired) electrons. The number of ketones is 1. The number of Topliss-reactive ketones (excluding diaryl/α,β-unsaturated/α-hetero) is 1. The summed E-state index contributed by atoms with van der Waals surface area (Å²) >= 11 is 0. The molecule has 1 unspecified atom stereocenters. The predicted octanol–water partition coefficient (Wildman–Crippen LogP) is 2.12. The molecule has 7 heteroatoms. The molecule has 1 saturated heterocycles. The maximum absolute atomic E-state index is 12.9. The maximum atomic E-state index is 12.9. The molecule has 1 fully saturated rings. The number of amides is 1. The molecule has 0 N–H and O–H groups in total. The second-order valence-electron chi connectivity index (χ2n) is 6.00. The van der Waals surface area contributed by atoms with Gasteiger partial charge < -0.3 is 14.4 Å². The van der Waals surface area contributed by atoms with Crippen molar-refractivity contribution < 1.29 is 28.7 Å². The van der Waals surface area contributed by atoms with Crippen molar-refractivity contribution in [3.8, 4) is 11.5 Å². The van der Waals surface area contributed by atoms with Crippen LogP contribution in [0.2, 0.25) is 0 Å². The zero-order chi connectivity index (χ0) is 18.6. The molecule has 134 valence electrons. The van der Waals surface area contributed by atoms with Gasteiger partial charge in [-0.15, -0.1) is 0 Å². The largest absolute Gasteiger partial charge is 0.427 e. The van der Waals surface area contributed by atoms with Crippen LogP contribution in [0.1, 0.15) is 50.4 Å². The van der Waals surface area contributed by atoms with Crippen LogP contribution in [-0.2, 0) is 14.4 Å². The number of benzene rings is 1.